The molecule has 8 aliphatic rings. The molecule has 0 bridgehead atoms. The standard InChI is InChI=1S/C26H35N5O3.2C26H35N5O2.C25H33N5O2/c1-2-22(26(33)34)27-15-18-10-12-20(13-11-18)30-25(32)23-14-24(29-17-28-23)31(16-19-8-9-19)21-6-4-3-5-7-21;1-19(32)15-30(2)16-20-10-12-22(13-11-20)29-26(33)24-14-25(28-18-27-24)31(17-21-8-9-21)23-6-4-3-5-7-23;1-19(32)13-14-27-16-20-9-11-22(12-10-20)30-26(33)24-15-25(29-18-28-24)31(17-21-7-8-21)23-5-3-2-4-6-23;1-18(31)14-26-15-19-9-11-21(12-10-19)29-25(32)23-13-24(28-17-27-23)30(16-20-7-8-20)22-5-3-2-4-6-22/h10-14,17,19,21-22,27H,2-9,15-16H2,1H3,(H,30,32)(H,33,34);10-14,18,21,23H,3-9,15-17H2,1-2H3,(H,29,33);9-12,15,18,21,23,27,32H,1-8,13-14,16-17H2,(H,30,33);9-13,17,20,22,26H,2-8,14-16H2,1H3,(H,29,32). The van der Waals surface area contributed by atoms with E-state index in [-0.39, 0.29) is 41.0 Å². The summed E-state index contributed by atoms with van der Waals surface area (Å²) in [6, 6.07) is 39.3. The number of aliphatic hydroxyl groups excluding tert-OH is 1. The van der Waals surface area contributed by atoms with Crippen LogP contribution >= 0.6 is 0 Å². The number of nitrogens with one attached hydrogen (secondary N) is 7. The Kier molecular flexibility index (Phi) is 37.4. The fourth-order valence-electron chi connectivity index (χ4n) is 18.0. The zero-order valence-corrected chi connectivity index (χ0v) is 77.8. The summed E-state index contributed by atoms with van der Waals surface area (Å²) in [4.78, 5) is 132. The van der Waals surface area contributed by atoms with Crippen molar-refractivity contribution in [1.29, 1.82) is 0 Å². The van der Waals surface area contributed by atoms with Gasteiger partial charge in [-0.25, -0.2) is 39.9 Å². The Morgan fingerprint density at radius 1 is 0.379 bits per heavy atom. The van der Waals surface area contributed by atoms with Gasteiger partial charge in [-0.3, -0.25) is 38.5 Å². The van der Waals surface area contributed by atoms with Gasteiger partial charge in [-0.15, -0.1) is 0 Å². The fourth-order valence-corrected chi connectivity index (χ4v) is 18.0. The van der Waals surface area contributed by atoms with Crippen LogP contribution in [0.4, 0.5) is 46.0 Å². The fraction of sp³-hybridized carbons (Fsp3) is 0.524. The predicted octanol–water partition coefficient (Wildman–Crippen LogP) is 17.3. The average molecular weight is 1800 g/mol. The molecule has 0 saturated heterocycles. The quantitative estimate of drug-likeness (QED) is 0.0127. The van der Waals surface area contributed by atoms with Crippen LogP contribution in [0.3, 0.4) is 0 Å². The summed E-state index contributed by atoms with van der Waals surface area (Å²) < 4.78 is 0. The van der Waals surface area contributed by atoms with Crippen molar-refractivity contribution < 1.29 is 43.8 Å². The van der Waals surface area contributed by atoms with Crippen LogP contribution in [0, 0.1) is 23.7 Å². The number of carboxylic acids is 1. The van der Waals surface area contributed by atoms with Crippen molar-refractivity contribution in [3.8, 4) is 0 Å². The van der Waals surface area contributed by atoms with Gasteiger partial charge < -0.3 is 67.0 Å². The number of likely N-dealkylation sites (N-methyl/N-ethyl adjacent to an activating group) is 1. The number of carbonyl (C=O) groups is 7. The SMILES string of the molecule is C=C(O)CCNCc1ccc(NC(=O)c2cc(N(CC3CC3)C3CCCCC3)ncn2)cc1.CC(=O)CN(C)Cc1ccc(NC(=O)c2cc(N(CC3CC3)C3CCCCC3)ncn2)cc1.CC(=O)CNCc1ccc(NC(=O)c2cc(N(CC3CC3)C3CCCCC3)ncn2)cc1.CCC(NCc1ccc(NC(=O)c2cc(N(CC3CC3)C3CCCCC3)ncn2)cc1)C(=O)O. The summed E-state index contributed by atoms with van der Waals surface area (Å²) in [6.07, 6.45) is 42.4. The molecule has 4 amide bonds. The van der Waals surface area contributed by atoms with Gasteiger partial charge in [0, 0.05) is 137 Å². The number of hydrogen-bond donors (Lipinski definition) is 9. The van der Waals surface area contributed by atoms with Crippen molar-refractivity contribution in [2.75, 3.05) is 93.7 Å². The molecule has 16 rings (SSSR count). The lowest BCUT2D eigenvalue weighted by Crippen LogP contribution is -2.39. The topological polar surface area (TPSA) is 363 Å². The maximum Gasteiger partial charge on any atom is 0.320 e. The molecule has 8 aliphatic carbocycles. The molecule has 0 radical (unpaired) electrons. The Labute approximate surface area is 778 Å². The van der Waals surface area contributed by atoms with E-state index in [0.29, 0.717) is 117 Å². The third-order valence-electron chi connectivity index (χ3n) is 26.1. The van der Waals surface area contributed by atoms with Gasteiger partial charge in [-0.2, -0.15) is 0 Å². The summed E-state index contributed by atoms with van der Waals surface area (Å²) in [5, 5.41) is 39.4. The summed E-state index contributed by atoms with van der Waals surface area (Å²) in [6.45, 7) is 16.5. The molecule has 8 fully saturated rings. The first kappa shape index (κ1) is 98.0. The largest absolute Gasteiger partial charge is 0.513 e. The van der Waals surface area contributed by atoms with E-state index in [1.165, 1.54) is 205 Å². The highest BCUT2D eigenvalue weighted by Gasteiger charge is 2.36. The van der Waals surface area contributed by atoms with Crippen LogP contribution in [0.5, 0.6) is 0 Å². The van der Waals surface area contributed by atoms with E-state index in [0.717, 1.165) is 107 Å². The Morgan fingerprint density at radius 3 is 0.932 bits per heavy atom. The van der Waals surface area contributed by atoms with E-state index in [1.54, 1.807) is 13.8 Å². The molecule has 4 heterocycles. The molecule has 29 nitrogen and oxygen atoms in total. The highest BCUT2D eigenvalue weighted by molar-refractivity contribution is 6.05. The molecule has 8 saturated carbocycles. The third-order valence-corrected chi connectivity index (χ3v) is 26.1. The van der Waals surface area contributed by atoms with Crippen LogP contribution in [0.1, 0.15) is 278 Å². The Bertz CT molecular complexity index is 5030. The molecule has 29 heteroatoms. The number of aromatic nitrogens is 8. The molecule has 8 aromatic rings. The molecule has 132 heavy (non-hydrogen) atoms. The minimum absolute atomic E-state index is 0.109. The summed E-state index contributed by atoms with van der Waals surface area (Å²) in [5.41, 5.74) is 8.56. The Hall–Kier alpha value is -11.5. The maximum absolute atomic E-state index is 12.9. The van der Waals surface area contributed by atoms with Gasteiger partial charge in [0.1, 0.15) is 89.0 Å². The highest BCUT2D eigenvalue weighted by Crippen LogP contribution is 2.40. The molecule has 0 spiro atoms. The number of rotatable bonds is 42. The van der Waals surface area contributed by atoms with Crippen molar-refractivity contribution in [3.05, 3.63) is 204 Å². The van der Waals surface area contributed by atoms with E-state index < -0.39 is 12.0 Å². The number of aliphatic hydroxyl groups is 1. The highest BCUT2D eigenvalue weighted by atomic mass is 16.4. The van der Waals surface area contributed by atoms with Crippen LogP contribution in [0.15, 0.2) is 159 Å². The van der Waals surface area contributed by atoms with E-state index in [4.69, 9.17) is 10.2 Å². The number of anilines is 8. The van der Waals surface area contributed by atoms with E-state index >= 15 is 0 Å². The minimum Gasteiger partial charge on any atom is -0.513 e. The molecule has 0 aliphatic heterocycles. The molecule has 4 aromatic carbocycles. The third kappa shape index (κ3) is 32.4. The van der Waals surface area contributed by atoms with Crippen molar-refractivity contribution in [3.63, 3.8) is 0 Å². The molecular weight excluding hydrogens is 1660 g/mol. The van der Waals surface area contributed by atoms with Crippen LogP contribution in [0.2, 0.25) is 0 Å². The second kappa shape index (κ2) is 50.4. The van der Waals surface area contributed by atoms with Gasteiger partial charge in [0.05, 0.1) is 18.8 Å². The van der Waals surface area contributed by atoms with Crippen molar-refractivity contribution >= 4 is 87.2 Å². The molecule has 4 aromatic heterocycles. The number of aliphatic carboxylic acids is 1. The summed E-state index contributed by atoms with van der Waals surface area (Å²) >= 11 is 0. The first-order valence-corrected chi connectivity index (χ1v) is 48.6. The van der Waals surface area contributed by atoms with Crippen LogP contribution < -0.4 is 56.8 Å². The van der Waals surface area contributed by atoms with Crippen LogP contribution in [-0.4, -0.2) is 179 Å². The lowest BCUT2D eigenvalue weighted by atomic mass is 9.94. The maximum atomic E-state index is 12.9. The van der Waals surface area contributed by atoms with E-state index in [9.17, 15) is 33.6 Å². The number of benzene rings is 4. The minimum atomic E-state index is -0.852. The summed E-state index contributed by atoms with van der Waals surface area (Å²) in [7, 11) is 1.92. The molecule has 1 unspecified atom stereocenters. The van der Waals surface area contributed by atoms with Gasteiger partial charge in [-0.1, -0.05) is 139 Å². The monoisotopic (exact) mass is 1800 g/mol. The van der Waals surface area contributed by atoms with Gasteiger partial charge in [0.25, 0.3) is 23.6 Å². The van der Waals surface area contributed by atoms with Crippen LogP contribution in [0.25, 0.3) is 0 Å². The van der Waals surface area contributed by atoms with Gasteiger partial charge >= 0.3 is 5.97 Å². The normalized spacial score (nSPS) is 16.7. The lowest BCUT2D eigenvalue weighted by Gasteiger charge is -2.35. The van der Waals surface area contributed by atoms with Crippen LogP contribution in [-0.2, 0) is 40.6 Å². The second-order valence-corrected chi connectivity index (χ2v) is 37.6. The second-order valence-electron chi connectivity index (χ2n) is 37.6. The molecule has 704 valence electrons. The number of carboxylic acid groups (broad SMARTS) is 1. The molecular formula is C103H138N20O9. The number of nitrogens with zero attached hydrogens (tertiary/aromatic N) is 13. The predicted molar refractivity (Wildman–Crippen MR) is 520 cm³/mol. The van der Waals surface area contributed by atoms with Gasteiger partial charge in [0.2, 0.25) is 0 Å². The van der Waals surface area contributed by atoms with E-state index in [1.807, 2.05) is 140 Å². The van der Waals surface area contributed by atoms with Gasteiger partial charge in [-0.05, 0) is 225 Å². The Balaban J connectivity index is 0.000000150. The average Bonchev–Trinajstić information content (AvgIpc) is 1.78. The van der Waals surface area contributed by atoms with Gasteiger partial charge in [0.15, 0.2) is 0 Å². The number of carbonyl (C=O) groups excluding carboxylic acids is 6. The van der Waals surface area contributed by atoms with E-state index in [2.05, 4.69) is 103 Å². The lowest BCUT2D eigenvalue weighted by molar-refractivity contribution is -0.139. The van der Waals surface area contributed by atoms with Crippen molar-refractivity contribution in [1.82, 2.24) is 60.7 Å². The molecule has 1 atom stereocenters. The number of Topliss-reactive ketones (excluding diaryl/α,β-unsaturated/α-hetero) is 2. The number of ketones is 2. The molecule has 9 N–H and O–H groups in total. The zero-order valence-electron chi connectivity index (χ0n) is 77.8. The first-order valence-electron chi connectivity index (χ1n) is 48.6. The number of hydrogen-bond acceptors (Lipinski definition) is 24. The number of amides is 4. The Morgan fingerprint density at radius 2 is 0.667 bits per heavy atom. The summed E-state index contributed by atoms with van der Waals surface area (Å²) in [5.74, 6) is 5.13. The first-order chi connectivity index (χ1) is 64.2. The smallest absolute Gasteiger partial charge is 0.320 e. The van der Waals surface area contributed by atoms with Crippen molar-refractivity contribution in [2.45, 2.75) is 270 Å². The van der Waals surface area contributed by atoms with Crippen molar-refractivity contribution in [2.24, 2.45) is 23.7 Å². The zero-order chi connectivity index (χ0) is 92.5.